The van der Waals surface area contributed by atoms with E-state index in [1.165, 1.54) is 11.1 Å². The zero-order valence-corrected chi connectivity index (χ0v) is 17.3. The number of carbonyl (C=O) groups excluding carboxylic acids is 1. The molecule has 0 saturated carbocycles. The number of nitrogens with one attached hydrogen (secondary N) is 2. The second-order valence-corrected chi connectivity index (χ2v) is 7.39. The Morgan fingerprint density at radius 3 is 2.42 bits per heavy atom. The maximum atomic E-state index is 14.2. The van der Waals surface area contributed by atoms with Crippen molar-refractivity contribution in [3.63, 3.8) is 0 Å². The highest BCUT2D eigenvalue weighted by atomic mass is 19.1. The maximum absolute atomic E-state index is 14.2. The second-order valence-electron chi connectivity index (χ2n) is 7.39. The van der Waals surface area contributed by atoms with E-state index >= 15 is 0 Å². The van der Waals surface area contributed by atoms with E-state index in [-0.39, 0.29) is 29.7 Å². The number of aromatic nitrogens is 3. The van der Waals surface area contributed by atoms with Gasteiger partial charge in [-0.15, -0.1) is 0 Å². The summed E-state index contributed by atoms with van der Waals surface area (Å²) in [6.07, 6.45) is -1.73. The lowest BCUT2D eigenvalue weighted by atomic mass is 10.0. The Kier molecular flexibility index (Phi) is 6.38. The van der Waals surface area contributed by atoms with Crippen molar-refractivity contribution in [2.45, 2.75) is 12.6 Å². The first-order valence-electron chi connectivity index (χ1n) is 10.0. The molecular formula is C23H20FN5O4. The van der Waals surface area contributed by atoms with E-state index in [0.29, 0.717) is 0 Å². The van der Waals surface area contributed by atoms with E-state index in [2.05, 4.69) is 20.8 Å². The number of hydrazine groups is 1. The van der Waals surface area contributed by atoms with Crippen LogP contribution < -0.4 is 5.43 Å². The summed E-state index contributed by atoms with van der Waals surface area (Å²) in [4.78, 5) is 23.9. The molecule has 168 valence electrons. The van der Waals surface area contributed by atoms with E-state index in [0.717, 1.165) is 22.8 Å². The van der Waals surface area contributed by atoms with Gasteiger partial charge in [0.15, 0.2) is 11.9 Å². The fourth-order valence-electron chi connectivity index (χ4n) is 3.34. The van der Waals surface area contributed by atoms with Gasteiger partial charge in [0, 0.05) is 12.1 Å². The number of hydrogen-bond acceptors (Lipinski definition) is 6. The molecule has 1 unspecified atom stereocenters. The summed E-state index contributed by atoms with van der Waals surface area (Å²) in [5, 5.41) is 29.9. The number of carboxylic acids is 1. The first kappa shape index (κ1) is 22.1. The average Bonchev–Trinajstić information content (AvgIpc) is 3.29. The molecule has 4 aromatic rings. The van der Waals surface area contributed by atoms with Crippen molar-refractivity contribution in [1.82, 2.24) is 25.8 Å². The molecule has 0 saturated heterocycles. The van der Waals surface area contributed by atoms with Crippen molar-refractivity contribution in [2.75, 3.05) is 6.54 Å². The molecule has 1 atom stereocenters. The monoisotopic (exact) mass is 449 g/mol. The summed E-state index contributed by atoms with van der Waals surface area (Å²) in [5.41, 5.74) is 5.51. The first-order chi connectivity index (χ1) is 15.9. The van der Waals surface area contributed by atoms with Crippen LogP contribution in [0.2, 0.25) is 0 Å². The number of carboxylic acid groups (broad SMARTS) is 1. The van der Waals surface area contributed by atoms with Crippen molar-refractivity contribution < 1.29 is 24.2 Å². The Morgan fingerprint density at radius 2 is 1.73 bits per heavy atom. The summed E-state index contributed by atoms with van der Waals surface area (Å²) in [6.45, 7) is -0.268. The molecule has 0 bridgehead atoms. The molecule has 0 aliphatic carbocycles. The Hall–Kier alpha value is -4.15. The van der Waals surface area contributed by atoms with Crippen LogP contribution in [-0.2, 0) is 11.3 Å². The van der Waals surface area contributed by atoms with E-state index in [1.54, 1.807) is 0 Å². The average molecular weight is 449 g/mol. The van der Waals surface area contributed by atoms with Crippen LogP contribution in [0.4, 0.5) is 4.39 Å². The molecule has 1 heterocycles. The van der Waals surface area contributed by atoms with Crippen LogP contribution in [0.5, 0.6) is 0 Å². The third-order valence-electron chi connectivity index (χ3n) is 5.01. The van der Waals surface area contributed by atoms with Gasteiger partial charge in [-0.1, -0.05) is 54.6 Å². The van der Waals surface area contributed by atoms with Crippen molar-refractivity contribution in [3.05, 3.63) is 83.7 Å². The minimum atomic E-state index is -1.73. The predicted octanol–water partition coefficient (Wildman–Crippen LogP) is 2.36. The lowest BCUT2D eigenvalue weighted by molar-refractivity contribution is -0.148. The fourth-order valence-corrected chi connectivity index (χ4v) is 3.34. The smallest absolute Gasteiger partial charge is 0.333 e. The van der Waals surface area contributed by atoms with E-state index < -0.39 is 23.8 Å². The molecule has 0 fully saturated rings. The number of aliphatic hydroxyl groups excluding tert-OH is 1. The molecule has 0 spiro atoms. The Balaban J connectivity index is 1.53. The summed E-state index contributed by atoms with van der Waals surface area (Å²) in [7, 11) is 0. The second kappa shape index (κ2) is 9.55. The number of H-pyrrole nitrogens is 1. The zero-order valence-electron chi connectivity index (χ0n) is 17.3. The topological polar surface area (TPSA) is 131 Å². The van der Waals surface area contributed by atoms with Gasteiger partial charge in [0.2, 0.25) is 0 Å². The van der Waals surface area contributed by atoms with Crippen LogP contribution >= 0.6 is 0 Å². The van der Waals surface area contributed by atoms with Gasteiger partial charge in [0.05, 0.1) is 6.54 Å². The van der Waals surface area contributed by atoms with Crippen molar-refractivity contribution in [1.29, 1.82) is 0 Å². The Bertz CT molecular complexity index is 1280. The minimum absolute atomic E-state index is 0.00297. The molecule has 1 amide bonds. The molecule has 0 aliphatic rings. The largest absolute Gasteiger partial charge is 0.479 e. The number of benzene rings is 3. The molecular weight excluding hydrogens is 429 g/mol. The summed E-state index contributed by atoms with van der Waals surface area (Å²) < 4.78 is 14.2. The fraction of sp³-hybridized carbons (Fsp3) is 0.130. The van der Waals surface area contributed by atoms with Gasteiger partial charge < -0.3 is 10.2 Å². The SMILES string of the molecule is O=C(NN(Cc1ccc(-c2ccccc2)cc1)CC(O)C(=O)O)c1cc(F)c2n[nH]nc2c1. The highest BCUT2D eigenvalue weighted by Gasteiger charge is 2.21. The van der Waals surface area contributed by atoms with Crippen LogP contribution in [0.3, 0.4) is 0 Å². The van der Waals surface area contributed by atoms with E-state index in [1.807, 2.05) is 54.6 Å². The normalized spacial score (nSPS) is 12.1. The van der Waals surface area contributed by atoms with Gasteiger partial charge in [-0.3, -0.25) is 10.2 Å². The number of amides is 1. The molecule has 10 heteroatoms. The standard InChI is InChI=1S/C23H20FN5O4/c24-18-10-17(11-19-21(18)26-28-25-19)22(31)27-29(13-20(30)23(32)33)12-14-6-8-16(9-7-14)15-4-2-1-3-5-15/h1-11,20,30H,12-13H2,(H,27,31)(H,32,33)(H,25,26,28). The number of halogens is 1. The predicted molar refractivity (Wildman–Crippen MR) is 117 cm³/mol. The van der Waals surface area contributed by atoms with Crippen molar-refractivity contribution in [3.8, 4) is 11.1 Å². The lowest BCUT2D eigenvalue weighted by Crippen LogP contribution is -2.47. The number of rotatable bonds is 8. The number of carbonyl (C=O) groups is 2. The molecule has 4 N–H and O–H groups in total. The molecule has 4 rings (SSSR count). The van der Waals surface area contributed by atoms with Crippen molar-refractivity contribution >= 4 is 22.9 Å². The first-order valence-corrected chi connectivity index (χ1v) is 10.0. The van der Waals surface area contributed by atoms with Gasteiger partial charge in [-0.05, 0) is 28.8 Å². The molecule has 0 radical (unpaired) electrons. The van der Waals surface area contributed by atoms with Crippen LogP contribution in [0, 0.1) is 5.82 Å². The van der Waals surface area contributed by atoms with Crippen molar-refractivity contribution in [2.24, 2.45) is 0 Å². The number of aromatic amines is 1. The number of fused-ring (bicyclic) bond motifs is 1. The number of aliphatic carboxylic acids is 1. The Labute approximate surface area is 187 Å². The zero-order chi connectivity index (χ0) is 23.4. The van der Waals surface area contributed by atoms with Gasteiger partial charge in [-0.2, -0.15) is 15.4 Å². The van der Waals surface area contributed by atoms with Gasteiger partial charge in [0.25, 0.3) is 5.91 Å². The molecule has 3 aromatic carbocycles. The van der Waals surface area contributed by atoms with Crippen LogP contribution in [0.25, 0.3) is 22.2 Å². The molecule has 1 aromatic heterocycles. The summed E-state index contributed by atoms with van der Waals surface area (Å²) in [5.74, 6) is -2.83. The van der Waals surface area contributed by atoms with E-state index in [9.17, 15) is 19.1 Å². The number of aliphatic hydroxyl groups is 1. The summed E-state index contributed by atoms with van der Waals surface area (Å²) >= 11 is 0. The maximum Gasteiger partial charge on any atom is 0.333 e. The quantitative estimate of drug-likeness (QED) is 0.304. The third-order valence-corrected chi connectivity index (χ3v) is 5.01. The highest BCUT2D eigenvalue weighted by Crippen LogP contribution is 2.20. The molecule has 33 heavy (non-hydrogen) atoms. The molecule has 9 nitrogen and oxygen atoms in total. The van der Waals surface area contributed by atoms with Gasteiger partial charge in [-0.25, -0.2) is 14.2 Å². The Morgan fingerprint density at radius 1 is 1.03 bits per heavy atom. The number of nitrogens with zero attached hydrogens (tertiary/aromatic N) is 3. The van der Waals surface area contributed by atoms with Crippen LogP contribution in [0.15, 0.2) is 66.7 Å². The van der Waals surface area contributed by atoms with Crippen LogP contribution in [0.1, 0.15) is 15.9 Å². The minimum Gasteiger partial charge on any atom is -0.479 e. The lowest BCUT2D eigenvalue weighted by Gasteiger charge is -2.24. The summed E-state index contributed by atoms with van der Waals surface area (Å²) in [6, 6.07) is 19.6. The van der Waals surface area contributed by atoms with Crippen LogP contribution in [-0.4, -0.2) is 55.2 Å². The third kappa shape index (κ3) is 5.20. The number of hydrogen-bond donors (Lipinski definition) is 4. The molecule has 0 aliphatic heterocycles. The van der Waals surface area contributed by atoms with Gasteiger partial charge in [0.1, 0.15) is 11.0 Å². The highest BCUT2D eigenvalue weighted by molar-refractivity contribution is 5.97. The van der Waals surface area contributed by atoms with Gasteiger partial charge >= 0.3 is 5.97 Å². The van der Waals surface area contributed by atoms with E-state index in [4.69, 9.17) is 5.11 Å².